The second kappa shape index (κ2) is 9.33. The highest BCUT2D eigenvalue weighted by Crippen LogP contribution is 2.50. The summed E-state index contributed by atoms with van der Waals surface area (Å²) in [5.41, 5.74) is 0. The molecule has 0 nitrogen and oxygen atoms in total. The molecule has 0 saturated heterocycles. The molecule has 0 amide bonds. The van der Waals surface area contributed by atoms with Crippen LogP contribution in [0.2, 0.25) is 0 Å². The van der Waals surface area contributed by atoms with Crippen molar-refractivity contribution in [2.45, 2.75) is 105 Å². The van der Waals surface area contributed by atoms with Crippen molar-refractivity contribution in [1.82, 2.24) is 0 Å². The van der Waals surface area contributed by atoms with E-state index in [0.717, 1.165) is 35.5 Å². The van der Waals surface area contributed by atoms with Gasteiger partial charge in [-0.15, -0.1) is 0 Å². The topological polar surface area (TPSA) is 0 Å². The van der Waals surface area contributed by atoms with Crippen LogP contribution >= 0.6 is 0 Å². The molecule has 2 aliphatic carbocycles. The number of unbranched alkanes of at least 4 members (excludes halogenated alkanes) is 3. The molecule has 0 heteroatoms. The second-order valence-corrected chi connectivity index (χ2v) is 8.93. The van der Waals surface area contributed by atoms with Gasteiger partial charge in [0.15, 0.2) is 0 Å². The number of hydrogen-bond acceptors (Lipinski definition) is 0. The molecule has 0 aliphatic heterocycles. The fourth-order valence-corrected chi connectivity index (χ4v) is 5.25. The van der Waals surface area contributed by atoms with Crippen LogP contribution in [0.15, 0.2) is 0 Å². The molecular formula is C22H42. The van der Waals surface area contributed by atoms with Crippen molar-refractivity contribution in [3.05, 3.63) is 0 Å². The highest BCUT2D eigenvalue weighted by Gasteiger charge is 2.40. The highest BCUT2D eigenvalue weighted by atomic mass is 14.5. The monoisotopic (exact) mass is 306 g/mol. The molecule has 2 aliphatic rings. The summed E-state index contributed by atoms with van der Waals surface area (Å²) < 4.78 is 0. The van der Waals surface area contributed by atoms with E-state index in [4.69, 9.17) is 0 Å². The Morgan fingerprint density at radius 2 is 1.55 bits per heavy atom. The van der Waals surface area contributed by atoms with E-state index in [1.165, 1.54) is 64.2 Å². The summed E-state index contributed by atoms with van der Waals surface area (Å²) >= 11 is 0. The zero-order chi connectivity index (χ0) is 15.9. The molecule has 2 rings (SSSR count). The highest BCUT2D eigenvalue weighted by molar-refractivity contribution is 4.90. The molecular weight excluding hydrogens is 264 g/mol. The van der Waals surface area contributed by atoms with E-state index in [1.807, 2.05) is 0 Å². The van der Waals surface area contributed by atoms with Crippen LogP contribution in [0.1, 0.15) is 105 Å². The lowest BCUT2D eigenvalue weighted by molar-refractivity contribution is 0.357. The van der Waals surface area contributed by atoms with Crippen LogP contribution in [-0.2, 0) is 0 Å². The lowest BCUT2D eigenvalue weighted by Gasteiger charge is -2.15. The van der Waals surface area contributed by atoms with Gasteiger partial charge in [0.05, 0.1) is 0 Å². The van der Waals surface area contributed by atoms with Gasteiger partial charge < -0.3 is 0 Å². The van der Waals surface area contributed by atoms with E-state index in [0.29, 0.717) is 0 Å². The van der Waals surface area contributed by atoms with Crippen LogP contribution in [0, 0.1) is 35.5 Å². The Balaban J connectivity index is 1.59. The van der Waals surface area contributed by atoms with Crippen LogP contribution in [0.25, 0.3) is 0 Å². The molecule has 0 N–H and O–H groups in total. The van der Waals surface area contributed by atoms with Gasteiger partial charge >= 0.3 is 0 Å². The maximum absolute atomic E-state index is 2.55. The summed E-state index contributed by atoms with van der Waals surface area (Å²) in [5, 5.41) is 0. The standard InChI is InChI=1S/C22H42/c1-5-7-9-11-20-15-19(14-18(20)4)13-12-17(3)22-16-21(22)10-8-6-2/h17-22H,5-16H2,1-4H3. The van der Waals surface area contributed by atoms with Crippen molar-refractivity contribution in [3.8, 4) is 0 Å². The Kier molecular flexibility index (Phi) is 7.78. The summed E-state index contributed by atoms with van der Waals surface area (Å²) in [6.45, 7) is 9.74. The first-order valence-electron chi connectivity index (χ1n) is 10.7. The lowest BCUT2D eigenvalue weighted by Crippen LogP contribution is -2.04. The molecule has 6 atom stereocenters. The third-order valence-corrected chi connectivity index (χ3v) is 6.99. The van der Waals surface area contributed by atoms with E-state index in [9.17, 15) is 0 Å². The Hall–Kier alpha value is 0. The minimum absolute atomic E-state index is 1.01. The largest absolute Gasteiger partial charge is 0.0654 e. The van der Waals surface area contributed by atoms with Crippen molar-refractivity contribution in [1.29, 1.82) is 0 Å². The Bertz CT molecular complexity index is 294. The fraction of sp³-hybridized carbons (Fsp3) is 1.00. The smallest absolute Gasteiger partial charge is 0.0357 e. The SMILES string of the molecule is CCCCCC1CC(CCC(C)C2CC2CCCC)CC1C. The van der Waals surface area contributed by atoms with Crippen LogP contribution in [-0.4, -0.2) is 0 Å². The van der Waals surface area contributed by atoms with Crippen molar-refractivity contribution >= 4 is 0 Å². The molecule has 0 aromatic rings. The van der Waals surface area contributed by atoms with Gasteiger partial charge in [-0.2, -0.15) is 0 Å². The Morgan fingerprint density at radius 3 is 2.27 bits per heavy atom. The Labute approximate surface area is 140 Å². The maximum Gasteiger partial charge on any atom is -0.0357 e. The van der Waals surface area contributed by atoms with Crippen LogP contribution in [0.4, 0.5) is 0 Å². The number of hydrogen-bond donors (Lipinski definition) is 0. The molecule has 0 aromatic heterocycles. The average molecular weight is 307 g/mol. The first kappa shape index (κ1) is 18.3. The summed E-state index contributed by atoms with van der Waals surface area (Å²) in [6, 6.07) is 0. The maximum atomic E-state index is 2.55. The Morgan fingerprint density at radius 1 is 0.818 bits per heavy atom. The normalized spacial score (nSPS) is 35.7. The third-order valence-electron chi connectivity index (χ3n) is 6.99. The van der Waals surface area contributed by atoms with E-state index in [-0.39, 0.29) is 0 Å². The van der Waals surface area contributed by atoms with Crippen molar-refractivity contribution in [3.63, 3.8) is 0 Å². The minimum atomic E-state index is 1.01. The predicted octanol–water partition coefficient (Wildman–Crippen LogP) is 7.47. The van der Waals surface area contributed by atoms with Crippen molar-refractivity contribution in [2.75, 3.05) is 0 Å². The predicted molar refractivity (Wildman–Crippen MR) is 99.0 cm³/mol. The fourth-order valence-electron chi connectivity index (χ4n) is 5.25. The molecule has 22 heavy (non-hydrogen) atoms. The van der Waals surface area contributed by atoms with Gasteiger partial charge in [0.1, 0.15) is 0 Å². The average Bonchev–Trinajstić information content (AvgIpc) is 3.20. The van der Waals surface area contributed by atoms with Gasteiger partial charge in [-0.1, -0.05) is 85.5 Å². The zero-order valence-corrected chi connectivity index (χ0v) is 15.9. The van der Waals surface area contributed by atoms with E-state index >= 15 is 0 Å². The molecule has 6 unspecified atom stereocenters. The molecule has 0 bridgehead atoms. The molecule has 0 spiro atoms. The quantitative estimate of drug-likeness (QED) is 0.347. The second-order valence-electron chi connectivity index (χ2n) is 8.93. The van der Waals surface area contributed by atoms with Gasteiger partial charge in [0.2, 0.25) is 0 Å². The molecule has 2 saturated carbocycles. The van der Waals surface area contributed by atoms with Gasteiger partial charge in [-0.25, -0.2) is 0 Å². The van der Waals surface area contributed by atoms with E-state index < -0.39 is 0 Å². The summed E-state index contributed by atoms with van der Waals surface area (Å²) in [6.07, 6.45) is 17.9. The summed E-state index contributed by atoms with van der Waals surface area (Å²) in [7, 11) is 0. The van der Waals surface area contributed by atoms with Crippen molar-refractivity contribution < 1.29 is 0 Å². The summed E-state index contributed by atoms with van der Waals surface area (Å²) in [5.74, 6) is 6.36. The van der Waals surface area contributed by atoms with Gasteiger partial charge in [-0.05, 0) is 54.8 Å². The lowest BCUT2D eigenvalue weighted by atomic mass is 9.90. The zero-order valence-electron chi connectivity index (χ0n) is 15.9. The van der Waals surface area contributed by atoms with Crippen LogP contribution in [0.5, 0.6) is 0 Å². The number of rotatable bonds is 11. The van der Waals surface area contributed by atoms with Crippen molar-refractivity contribution in [2.24, 2.45) is 35.5 Å². The molecule has 0 radical (unpaired) electrons. The molecule has 130 valence electrons. The molecule has 0 aromatic carbocycles. The first-order valence-corrected chi connectivity index (χ1v) is 10.7. The van der Waals surface area contributed by atoms with Gasteiger partial charge in [0.25, 0.3) is 0 Å². The van der Waals surface area contributed by atoms with Gasteiger partial charge in [-0.3, -0.25) is 0 Å². The van der Waals surface area contributed by atoms with Gasteiger partial charge in [0, 0.05) is 0 Å². The van der Waals surface area contributed by atoms with Crippen LogP contribution < -0.4 is 0 Å². The third kappa shape index (κ3) is 5.57. The molecule has 2 fully saturated rings. The minimum Gasteiger partial charge on any atom is -0.0654 e. The molecule has 0 heterocycles. The van der Waals surface area contributed by atoms with E-state index in [2.05, 4.69) is 27.7 Å². The first-order chi connectivity index (χ1) is 10.7. The summed E-state index contributed by atoms with van der Waals surface area (Å²) in [4.78, 5) is 0. The van der Waals surface area contributed by atoms with E-state index in [1.54, 1.807) is 12.8 Å². The van der Waals surface area contributed by atoms with Crippen LogP contribution in [0.3, 0.4) is 0 Å².